The summed E-state index contributed by atoms with van der Waals surface area (Å²) in [5.41, 5.74) is 3.43. The zero-order chi connectivity index (χ0) is 20.4. The van der Waals surface area contributed by atoms with Gasteiger partial charge in [0, 0.05) is 10.6 Å². The molecule has 148 valence electrons. The Labute approximate surface area is 168 Å². The Kier molecular flexibility index (Phi) is 8.30. The van der Waals surface area contributed by atoms with Crippen LogP contribution in [0.1, 0.15) is 25.3 Å². The zero-order valence-electron chi connectivity index (χ0n) is 15.7. The third-order valence-corrected chi connectivity index (χ3v) is 3.76. The molecule has 0 aromatic heterocycles. The van der Waals surface area contributed by atoms with Crippen molar-refractivity contribution in [2.75, 3.05) is 19.0 Å². The number of hydrogen-bond acceptors (Lipinski definition) is 5. The minimum absolute atomic E-state index is 0.385. The molecule has 0 fully saturated rings. The lowest BCUT2D eigenvalue weighted by Gasteiger charge is -2.09. The van der Waals surface area contributed by atoms with Gasteiger partial charge in [0.25, 0.3) is 0 Å². The molecular weight excluding hydrogens is 382 g/mol. The maximum Gasteiger partial charge on any atom is 0.249 e. The van der Waals surface area contributed by atoms with Crippen LogP contribution in [0.25, 0.3) is 0 Å². The molecule has 2 aromatic carbocycles. The van der Waals surface area contributed by atoms with E-state index < -0.39 is 11.8 Å². The lowest BCUT2D eigenvalue weighted by Crippen LogP contribution is -2.24. The molecule has 0 aliphatic carbocycles. The number of methoxy groups -OCH3 is 1. The number of anilines is 1. The standard InChI is InChI=1S/C20H22ClN3O4/c1-3-10-28-17-9-8-15(21)11-14(17)13-22-24-20(26)12-19(25)23-16-6-4-5-7-18(16)27-2/h4-9,11,13H,3,10,12H2,1-2H3,(H,23,25)(H,24,26). The summed E-state index contributed by atoms with van der Waals surface area (Å²) in [6.07, 6.45) is 1.90. The van der Waals surface area contributed by atoms with E-state index in [4.69, 9.17) is 21.1 Å². The molecule has 2 N–H and O–H groups in total. The predicted octanol–water partition coefficient (Wildman–Crippen LogP) is 3.62. The van der Waals surface area contributed by atoms with Crippen molar-refractivity contribution >= 4 is 35.3 Å². The fourth-order valence-electron chi connectivity index (χ4n) is 2.27. The number of carbonyl (C=O) groups excluding carboxylic acids is 2. The molecule has 0 atom stereocenters. The van der Waals surface area contributed by atoms with Crippen molar-refractivity contribution in [1.29, 1.82) is 0 Å². The summed E-state index contributed by atoms with van der Waals surface area (Å²) in [6.45, 7) is 2.55. The van der Waals surface area contributed by atoms with Crippen LogP contribution in [0, 0.1) is 0 Å². The van der Waals surface area contributed by atoms with Crippen LogP contribution in [0.4, 0.5) is 5.69 Å². The Bertz CT molecular complexity index is 855. The zero-order valence-corrected chi connectivity index (χ0v) is 16.5. The van der Waals surface area contributed by atoms with E-state index in [1.54, 1.807) is 42.5 Å². The summed E-state index contributed by atoms with van der Waals surface area (Å²) >= 11 is 6.00. The van der Waals surface area contributed by atoms with Crippen LogP contribution < -0.4 is 20.2 Å². The summed E-state index contributed by atoms with van der Waals surface area (Å²) < 4.78 is 10.8. The lowest BCUT2D eigenvalue weighted by molar-refractivity contribution is -0.126. The Morgan fingerprint density at radius 3 is 2.68 bits per heavy atom. The molecule has 0 radical (unpaired) electrons. The molecular formula is C20H22ClN3O4. The van der Waals surface area contributed by atoms with Crippen LogP contribution in [0.3, 0.4) is 0 Å². The molecule has 2 amide bonds. The number of ether oxygens (including phenoxy) is 2. The summed E-state index contributed by atoms with van der Waals surface area (Å²) in [4.78, 5) is 24.0. The van der Waals surface area contributed by atoms with Gasteiger partial charge in [-0.3, -0.25) is 9.59 Å². The molecule has 28 heavy (non-hydrogen) atoms. The first-order chi connectivity index (χ1) is 13.5. The highest BCUT2D eigenvalue weighted by Gasteiger charge is 2.11. The molecule has 7 nitrogen and oxygen atoms in total. The number of para-hydroxylation sites is 2. The Morgan fingerprint density at radius 2 is 1.93 bits per heavy atom. The highest BCUT2D eigenvalue weighted by molar-refractivity contribution is 6.30. The highest BCUT2D eigenvalue weighted by atomic mass is 35.5. The second kappa shape index (κ2) is 10.9. The van der Waals surface area contributed by atoms with Gasteiger partial charge in [-0.2, -0.15) is 5.10 Å². The second-order valence-corrected chi connectivity index (χ2v) is 6.19. The molecule has 0 aliphatic heterocycles. The largest absolute Gasteiger partial charge is 0.495 e. The minimum atomic E-state index is -0.554. The van der Waals surface area contributed by atoms with Gasteiger partial charge in [0.05, 0.1) is 25.6 Å². The fraction of sp³-hybridized carbons (Fsp3) is 0.250. The van der Waals surface area contributed by atoms with Crippen LogP contribution in [0.2, 0.25) is 5.02 Å². The molecule has 0 aliphatic rings. The molecule has 0 bridgehead atoms. The molecule has 0 saturated heterocycles. The van der Waals surface area contributed by atoms with E-state index in [9.17, 15) is 9.59 Å². The molecule has 8 heteroatoms. The summed E-state index contributed by atoms with van der Waals surface area (Å²) in [6, 6.07) is 12.1. The summed E-state index contributed by atoms with van der Waals surface area (Å²) in [5.74, 6) is 0.0848. The third kappa shape index (κ3) is 6.59. The lowest BCUT2D eigenvalue weighted by atomic mass is 10.2. The van der Waals surface area contributed by atoms with Crippen LogP contribution in [0.15, 0.2) is 47.6 Å². The molecule has 0 unspecified atom stereocenters. The molecule has 0 saturated carbocycles. The molecule has 2 rings (SSSR count). The number of hydrogen-bond donors (Lipinski definition) is 2. The van der Waals surface area contributed by atoms with E-state index in [1.165, 1.54) is 13.3 Å². The van der Waals surface area contributed by atoms with Gasteiger partial charge in [-0.1, -0.05) is 30.7 Å². The number of rotatable bonds is 9. The number of carbonyl (C=O) groups is 2. The van der Waals surface area contributed by atoms with Crippen LogP contribution in [-0.2, 0) is 9.59 Å². The normalized spacial score (nSPS) is 10.5. The molecule has 2 aromatic rings. The van der Waals surface area contributed by atoms with Crippen LogP contribution >= 0.6 is 11.6 Å². The van der Waals surface area contributed by atoms with Crippen molar-refractivity contribution in [3.63, 3.8) is 0 Å². The first-order valence-corrected chi connectivity index (χ1v) is 9.08. The first-order valence-electron chi connectivity index (χ1n) is 8.70. The van der Waals surface area contributed by atoms with E-state index in [0.29, 0.717) is 34.4 Å². The average Bonchev–Trinajstić information content (AvgIpc) is 2.67. The maximum absolute atomic E-state index is 12.0. The third-order valence-electron chi connectivity index (χ3n) is 3.53. The van der Waals surface area contributed by atoms with Gasteiger partial charge < -0.3 is 14.8 Å². The minimum Gasteiger partial charge on any atom is -0.495 e. The number of benzene rings is 2. The van der Waals surface area contributed by atoms with Crippen LogP contribution in [-0.4, -0.2) is 31.7 Å². The van der Waals surface area contributed by atoms with Crippen molar-refractivity contribution in [3.8, 4) is 11.5 Å². The maximum atomic E-state index is 12.0. The van der Waals surface area contributed by atoms with Gasteiger partial charge >= 0.3 is 0 Å². The SMILES string of the molecule is CCCOc1ccc(Cl)cc1C=NNC(=O)CC(=O)Nc1ccccc1OC. The van der Waals surface area contributed by atoms with Crippen molar-refractivity contribution in [1.82, 2.24) is 5.43 Å². The van der Waals surface area contributed by atoms with Crippen LogP contribution in [0.5, 0.6) is 11.5 Å². The first kappa shape index (κ1) is 21.2. The smallest absolute Gasteiger partial charge is 0.249 e. The van der Waals surface area contributed by atoms with E-state index >= 15 is 0 Å². The second-order valence-electron chi connectivity index (χ2n) is 5.75. The van der Waals surface area contributed by atoms with Crippen molar-refractivity contribution in [2.24, 2.45) is 5.10 Å². The quantitative estimate of drug-likeness (QED) is 0.380. The molecule has 0 spiro atoms. The number of nitrogens with one attached hydrogen (secondary N) is 2. The number of amides is 2. The fourth-order valence-corrected chi connectivity index (χ4v) is 2.45. The topological polar surface area (TPSA) is 89.0 Å². The van der Waals surface area contributed by atoms with Crippen molar-refractivity contribution in [2.45, 2.75) is 19.8 Å². The Balaban J connectivity index is 1.91. The van der Waals surface area contributed by atoms with Gasteiger partial charge in [0.2, 0.25) is 11.8 Å². The average molecular weight is 404 g/mol. The van der Waals surface area contributed by atoms with E-state index in [0.717, 1.165) is 6.42 Å². The van der Waals surface area contributed by atoms with Gasteiger partial charge in [0.1, 0.15) is 17.9 Å². The number of halogens is 1. The summed E-state index contributed by atoms with van der Waals surface area (Å²) in [5, 5.41) is 7.02. The number of nitrogens with zero attached hydrogens (tertiary/aromatic N) is 1. The number of hydrazone groups is 1. The van der Waals surface area contributed by atoms with Gasteiger partial charge in [0.15, 0.2) is 0 Å². The van der Waals surface area contributed by atoms with E-state index in [2.05, 4.69) is 15.8 Å². The van der Waals surface area contributed by atoms with E-state index in [-0.39, 0.29) is 6.42 Å². The molecule has 0 heterocycles. The van der Waals surface area contributed by atoms with Crippen molar-refractivity contribution < 1.29 is 19.1 Å². The highest BCUT2D eigenvalue weighted by Crippen LogP contribution is 2.23. The van der Waals surface area contributed by atoms with Crippen molar-refractivity contribution in [3.05, 3.63) is 53.1 Å². The van der Waals surface area contributed by atoms with Gasteiger partial charge in [-0.05, 0) is 36.8 Å². The Hall–Kier alpha value is -3.06. The Morgan fingerprint density at radius 1 is 1.14 bits per heavy atom. The van der Waals surface area contributed by atoms with Gasteiger partial charge in [-0.25, -0.2) is 5.43 Å². The van der Waals surface area contributed by atoms with Gasteiger partial charge in [-0.15, -0.1) is 0 Å². The monoisotopic (exact) mass is 403 g/mol. The predicted molar refractivity (Wildman–Crippen MR) is 109 cm³/mol. The summed E-state index contributed by atoms with van der Waals surface area (Å²) in [7, 11) is 1.50. The van der Waals surface area contributed by atoms with E-state index in [1.807, 2.05) is 6.92 Å².